The van der Waals surface area contributed by atoms with Crippen LogP contribution in [0.1, 0.15) is 48.8 Å². The average molecular weight is 435 g/mol. The zero-order valence-corrected chi connectivity index (χ0v) is 17.9. The minimum absolute atomic E-state index is 0.232. The largest absolute Gasteiger partial charge is 0.478 e. The lowest BCUT2D eigenvalue weighted by Gasteiger charge is -2.35. The predicted molar refractivity (Wildman–Crippen MR) is 117 cm³/mol. The molecule has 1 atom stereocenters. The molecule has 3 rings (SSSR count). The summed E-state index contributed by atoms with van der Waals surface area (Å²) in [5.41, 5.74) is 2.47. The van der Waals surface area contributed by atoms with E-state index < -0.39 is 18.0 Å². The summed E-state index contributed by atoms with van der Waals surface area (Å²) in [4.78, 5) is 23.7. The normalized spacial score (nSPS) is 19.2. The molecule has 0 bridgehead atoms. The van der Waals surface area contributed by atoms with Crippen LogP contribution < -0.4 is 0 Å². The van der Waals surface area contributed by atoms with Crippen LogP contribution in [-0.2, 0) is 9.59 Å². The topological polar surface area (TPSA) is 122 Å². The highest BCUT2D eigenvalue weighted by Gasteiger charge is 2.20. The summed E-state index contributed by atoms with van der Waals surface area (Å²) in [5.74, 6) is -1.78. The summed E-state index contributed by atoms with van der Waals surface area (Å²) >= 11 is 0. The van der Waals surface area contributed by atoms with E-state index in [0.717, 1.165) is 44.2 Å². The lowest BCUT2D eigenvalue weighted by molar-refractivity contribution is -0.134. The molecule has 1 aromatic rings. The Morgan fingerprint density at radius 1 is 0.935 bits per heavy atom. The summed E-state index contributed by atoms with van der Waals surface area (Å²) in [6.07, 6.45) is 6.07. The van der Waals surface area contributed by atoms with E-state index in [-0.39, 0.29) is 6.61 Å². The molecule has 0 aromatic heterocycles. The number of aliphatic hydroxyl groups excluding tert-OH is 2. The molecule has 8 nitrogen and oxygen atoms in total. The number of hydrogen-bond acceptors (Lipinski definition) is 6. The molecule has 2 fully saturated rings. The third-order valence-electron chi connectivity index (χ3n) is 5.83. The van der Waals surface area contributed by atoms with Crippen molar-refractivity contribution < 1.29 is 30.0 Å². The highest BCUT2D eigenvalue weighted by Crippen LogP contribution is 2.34. The summed E-state index contributed by atoms with van der Waals surface area (Å²) in [6, 6.07) is 8.65. The lowest BCUT2D eigenvalue weighted by atomic mass is 9.95. The summed E-state index contributed by atoms with van der Waals surface area (Å²) in [6.45, 7) is 5.60. The number of benzene rings is 1. The first-order valence-corrected chi connectivity index (χ1v) is 10.9. The molecule has 1 aliphatic heterocycles. The van der Waals surface area contributed by atoms with Crippen molar-refractivity contribution in [2.24, 2.45) is 0 Å². The van der Waals surface area contributed by atoms with E-state index in [2.05, 4.69) is 34.1 Å². The first-order valence-electron chi connectivity index (χ1n) is 10.9. The van der Waals surface area contributed by atoms with Crippen molar-refractivity contribution in [2.75, 3.05) is 45.9 Å². The lowest BCUT2D eigenvalue weighted by Crippen LogP contribution is -2.48. The van der Waals surface area contributed by atoms with Crippen molar-refractivity contribution in [1.29, 1.82) is 0 Å². The van der Waals surface area contributed by atoms with Gasteiger partial charge in [0.2, 0.25) is 0 Å². The van der Waals surface area contributed by atoms with Gasteiger partial charge in [0.05, 0.1) is 12.7 Å². The fourth-order valence-corrected chi connectivity index (χ4v) is 4.08. The van der Waals surface area contributed by atoms with Crippen LogP contribution >= 0.6 is 0 Å². The Kier molecular flexibility index (Phi) is 10.7. The maximum Gasteiger partial charge on any atom is 0.328 e. The number of aliphatic hydroxyl groups is 2. The van der Waals surface area contributed by atoms with Gasteiger partial charge in [0.1, 0.15) is 0 Å². The van der Waals surface area contributed by atoms with Crippen molar-refractivity contribution in [1.82, 2.24) is 9.80 Å². The number of β-amino-alcohol motifs (C(OH)–C–C–N with tert-alkyl or cyclic N) is 2. The Balaban J connectivity index is 0.000000366. The zero-order valence-electron chi connectivity index (χ0n) is 17.9. The minimum Gasteiger partial charge on any atom is -0.478 e. The zero-order chi connectivity index (χ0) is 22.6. The standard InChI is InChI=1S/C19H30N2O2.C4H4O4/c22-14-13-20-9-11-21(12-10-20)15-19(23)18-7-5-17(6-8-18)16-3-1-2-4-16;5-3(6)1-2-4(7)8/h5-8,16,19,22-23H,1-4,9-15H2;1-2H,(H,5,6)(H,7,8)/b;2-1-. The van der Waals surface area contributed by atoms with Crippen molar-refractivity contribution in [2.45, 2.75) is 37.7 Å². The van der Waals surface area contributed by atoms with Gasteiger partial charge in [0, 0.05) is 51.4 Å². The highest BCUT2D eigenvalue weighted by atomic mass is 16.4. The van der Waals surface area contributed by atoms with Gasteiger partial charge >= 0.3 is 11.9 Å². The fraction of sp³-hybridized carbons (Fsp3) is 0.565. The summed E-state index contributed by atoms with van der Waals surface area (Å²) in [5, 5.41) is 35.1. The van der Waals surface area contributed by atoms with Gasteiger partial charge in [-0.1, -0.05) is 37.1 Å². The molecule has 1 heterocycles. The molecule has 1 saturated heterocycles. The Morgan fingerprint density at radius 3 is 1.94 bits per heavy atom. The summed E-state index contributed by atoms with van der Waals surface area (Å²) in [7, 11) is 0. The smallest absolute Gasteiger partial charge is 0.328 e. The number of hydrogen-bond donors (Lipinski definition) is 4. The third-order valence-corrected chi connectivity index (χ3v) is 5.83. The second-order valence-corrected chi connectivity index (χ2v) is 8.04. The molecular formula is C23H34N2O6. The maximum absolute atomic E-state index is 10.5. The van der Waals surface area contributed by atoms with Crippen molar-refractivity contribution in [3.05, 3.63) is 47.5 Å². The molecule has 0 amide bonds. The van der Waals surface area contributed by atoms with Gasteiger partial charge in [-0.15, -0.1) is 0 Å². The van der Waals surface area contributed by atoms with E-state index in [9.17, 15) is 14.7 Å². The van der Waals surface area contributed by atoms with Crippen LogP contribution in [0.5, 0.6) is 0 Å². The van der Waals surface area contributed by atoms with Crippen LogP contribution in [-0.4, -0.2) is 88.0 Å². The van der Waals surface area contributed by atoms with E-state index in [1.165, 1.54) is 31.2 Å². The molecule has 31 heavy (non-hydrogen) atoms. The number of aliphatic carboxylic acids is 2. The SMILES string of the molecule is O=C(O)/C=C\C(=O)O.OCCN1CCN(CC(O)c2ccc(C3CCCC3)cc2)CC1. The van der Waals surface area contributed by atoms with Gasteiger partial charge in [-0.05, 0) is 29.9 Å². The highest BCUT2D eigenvalue weighted by molar-refractivity contribution is 5.89. The molecule has 8 heteroatoms. The monoisotopic (exact) mass is 434 g/mol. The second-order valence-electron chi connectivity index (χ2n) is 8.04. The molecule has 1 saturated carbocycles. The van der Waals surface area contributed by atoms with Crippen LogP contribution in [0, 0.1) is 0 Å². The van der Waals surface area contributed by atoms with Gasteiger partial charge in [-0.2, -0.15) is 0 Å². The van der Waals surface area contributed by atoms with E-state index in [1.807, 2.05) is 0 Å². The van der Waals surface area contributed by atoms with Gasteiger partial charge < -0.3 is 20.4 Å². The first kappa shape index (κ1) is 25.0. The summed E-state index contributed by atoms with van der Waals surface area (Å²) < 4.78 is 0. The molecule has 172 valence electrons. The number of nitrogens with zero attached hydrogens (tertiary/aromatic N) is 2. The van der Waals surface area contributed by atoms with Crippen LogP contribution in [0.25, 0.3) is 0 Å². The van der Waals surface area contributed by atoms with Crippen LogP contribution in [0.2, 0.25) is 0 Å². The molecule has 0 spiro atoms. The van der Waals surface area contributed by atoms with E-state index in [1.54, 1.807) is 0 Å². The Morgan fingerprint density at radius 2 is 1.45 bits per heavy atom. The van der Waals surface area contributed by atoms with Crippen LogP contribution in [0.3, 0.4) is 0 Å². The molecule has 2 aliphatic rings. The quantitative estimate of drug-likeness (QED) is 0.456. The van der Waals surface area contributed by atoms with Crippen molar-refractivity contribution >= 4 is 11.9 Å². The minimum atomic E-state index is -1.26. The maximum atomic E-state index is 10.5. The predicted octanol–water partition coefficient (Wildman–Crippen LogP) is 1.70. The van der Waals surface area contributed by atoms with Gasteiger partial charge in [-0.3, -0.25) is 9.80 Å². The molecular weight excluding hydrogens is 400 g/mol. The van der Waals surface area contributed by atoms with Gasteiger partial charge in [0.15, 0.2) is 0 Å². The van der Waals surface area contributed by atoms with Crippen LogP contribution in [0.4, 0.5) is 0 Å². The van der Waals surface area contributed by atoms with E-state index >= 15 is 0 Å². The first-order chi connectivity index (χ1) is 14.9. The second kappa shape index (κ2) is 13.2. The fourth-order valence-electron chi connectivity index (χ4n) is 4.08. The van der Waals surface area contributed by atoms with Crippen LogP contribution in [0.15, 0.2) is 36.4 Å². The molecule has 0 radical (unpaired) electrons. The molecule has 4 N–H and O–H groups in total. The van der Waals surface area contributed by atoms with Crippen molar-refractivity contribution in [3.8, 4) is 0 Å². The number of rotatable bonds is 8. The Hall–Kier alpha value is -2.26. The third kappa shape index (κ3) is 9.18. The van der Waals surface area contributed by atoms with Crippen molar-refractivity contribution in [3.63, 3.8) is 0 Å². The number of piperazine rings is 1. The van der Waals surface area contributed by atoms with Gasteiger partial charge in [-0.25, -0.2) is 9.59 Å². The Bertz CT molecular complexity index is 691. The number of carboxylic acid groups (broad SMARTS) is 2. The van der Waals surface area contributed by atoms with E-state index in [4.69, 9.17) is 15.3 Å². The molecule has 1 unspecified atom stereocenters. The molecule has 1 aliphatic carbocycles. The van der Waals surface area contributed by atoms with Gasteiger partial charge in [0.25, 0.3) is 0 Å². The number of carboxylic acids is 2. The number of carbonyl (C=O) groups is 2. The average Bonchev–Trinajstić information content (AvgIpc) is 3.29. The molecule has 1 aromatic carbocycles. The Labute approximate surface area is 183 Å². The van der Waals surface area contributed by atoms with E-state index in [0.29, 0.717) is 18.7 Å².